The summed E-state index contributed by atoms with van der Waals surface area (Å²) < 4.78 is 0. The minimum Gasteiger partial charge on any atom is -0.357 e. The Hall–Kier alpha value is -1.35. The van der Waals surface area contributed by atoms with Gasteiger partial charge in [0.25, 0.3) is 0 Å². The van der Waals surface area contributed by atoms with Gasteiger partial charge >= 0.3 is 0 Å². The van der Waals surface area contributed by atoms with Gasteiger partial charge in [-0.3, -0.25) is 4.79 Å². The lowest BCUT2D eigenvalue weighted by Gasteiger charge is -2.26. The van der Waals surface area contributed by atoms with Gasteiger partial charge in [-0.15, -0.1) is 24.0 Å². The number of hydrogen-bond acceptors (Lipinski definition) is 3. The van der Waals surface area contributed by atoms with E-state index in [9.17, 15) is 4.79 Å². The maximum atomic E-state index is 12.0. The molecule has 0 saturated carbocycles. The van der Waals surface area contributed by atoms with Gasteiger partial charge in [0.05, 0.1) is 6.54 Å². The molecule has 164 valence electrons. The van der Waals surface area contributed by atoms with Crippen molar-refractivity contribution in [3.05, 3.63) is 29.8 Å². The molecule has 0 aromatic heterocycles. The lowest BCUT2D eigenvalue weighted by Crippen LogP contribution is -2.42. The summed E-state index contributed by atoms with van der Waals surface area (Å²) in [6.45, 7) is 12.0. The maximum absolute atomic E-state index is 12.0. The Kier molecular flexibility index (Phi) is 12.9. The van der Waals surface area contributed by atoms with Crippen LogP contribution in [0.15, 0.2) is 29.3 Å². The van der Waals surface area contributed by atoms with E-state index in [1.54, 1.807) is 0 Å². The lowest BCUT2D eigenvalue weighted by atomic mass is 10.1. The van der Waals surface area contributed by atoms with Gasteiger partial charge in [0.15, 0.2) is 5.96 Å². The van der Waals surface area contributed by atoms with Crippen molar-refractivity contribution in [1.29, 1.82) is 0 Å². The number of benzene rings is 1. The summed E-state index contributed by atoms with van der Waals surface area (Å²) in [4.78, 5) is 19.2. The number of nitrogens with one attached hydrogen (secondary N) is 3. The van der Waals surface area contributed by atoms with Crippen LogP contribution in [0.3, 0.4) is 0 Å². The number of carbonyl (C=O) groups excluding carboxylic acids is 1. The van der Waals surface area contributed by atoms with Gasteiger partial charge in [-0.05, 0) is 56.5 Å². The fourth-order valence-electron chi connectivity index (χ4n) is 3.36. The first-order valence-electron chi connectivity index (χ1n) is 10.7. The van der Waals surface area contributed by atoms with E-state index in [4.69, 9.17) is 4.99 Å². The van der Waals surface area contributed by atoms with Crippen LogP contribution in [0.25, 0.3) is 0 Å². The molecule has 1 heterocycles. The molecular weight excluding hydrogens is 477 g/mol. The number of halogens is 1. The van der Waals surface area contributed by atoms with E-state index in [-0.39, 0.29) is 29.9 Å². The smallest absolute Gasteiger partial charge is 0.224 e. The molecule has 1 aromatic carbocycles. The van der Waals surface area contributed by atoms with Crippen LogP contribution in [0.2, 0.25) is 0 Å². The van der Waals surface area contributed by atoms with E-state index in [1.165, 1.54) is 32.4 Å². The third kappa shape index (κ3) is 10.8. The minimum atomic E-state index is 0. The quantitative estimate of drug-likeness (QED) is 0.266. The van der Waals surface area contributed by atoms with Gasteiger partial charge in [0.1, 0.15) is 0 Å². The van der Waals surface area contributed by atoms with Gasteiger partial charge < -0.3 is 20.9 Å². The third-order valence-electron chi connectivity index (χ3n) is 4.74. The Bertz CT molecular complexity index is 629. The molecule has 3 N–H and O–H groups in total. The van der Waals surface area contributed by atoms with Crippen LogP contribution in [0.1, 0.15) is 52.0 Å². The molecule has 1 fully saturated rings. The van der Waals surface area contributed by atoms with Gasteiger partial charge in [0, 0.05) is 31.7 Å². The number of anilines is 1. The predicted octanol–water partition coefficient (Wildman–Crippen LogP) is 3.83. The van der Waals surface area contributed by atoms with E-state index in [2.05, 4.69) is 27.8 Å². The molecule has 1 aliphatic heterocycles. The average molecular weight is 515 g/mol. The van der Waals surface area contributed by atoms with Gasteiger partial charge in [-0.25, -0.2) is 4.99 Å². The third-order valence-corrected chi connectivity index (χ3v) is 4.74. The largest absolute Gasteiger partial charge is 0.357 e. The summed E-state index contributed by atoms with van der Waals surface area (Å²) in [5.74, 6) is 1.25. The molecule has 0 bridgehead atoms. The summed E-state index contributed by atoms with van der Waals surface area (Å²) in [5.41, 5.74) is 1.91. The second-order valence-corrected chi connectivity index (χ2v) is 7.87. The van der Waals surface area contributed by atoms with Crippen LogP contribution in [0.4, 0.5) is 5.69 Å². The van der Waals surface area contributed by atoms with Crippen LogP contribution < -0.4 is 16.0 Å². The summed E-state index contributed by atoms with van der Waals surface area (Å²) in [7, 11) is 0. The molecule has 1 amide bonds. The number of rotatable bonds is 9. The number of likely N-dealkylation sites (tertiary alicyclic amines) is 1. The number of hydrogen-bond donors (Lipinski definition) is 3. The van der Waals surface area contributed by atoms with Crippen molar-refractivity contribution in [2.75, 3.05) is 38.0 Å². The molecule has 1 aromatic rings. The van der Waals surface area contributed by atoms with Crippen LogP contribution in [0, 0.1) is 5.92 Å². The van der Waals surface area contributed by atoms with Crippen molar-refractivity contribution < 1.29 is 4.79 Å². The summed E-state index contributed by atoms with van der Waals surface area (Å²) >= 11 is 0. The fraction of sp³-hybridized carbons (Fsp3) is 0.636. The van der Waals surface area contributed by atoms with Crippen molar-refractivity contribution in [3.63, 3.8) is 0 Å². The Morgan fingerprint density at radius 3 is 2.62 bits per heavy atom. The Labute approximate surface area is 193 Å². The Morgan fingerprint density at radius 1 is 1.17 bits per heavy atom. The lowest BCUT2D eigenvalue weighted by molar-refractivity contribution is -0.116. The molecule has 0 spiro atoms. The molecule has 7 heteroatoms. The van der Waals surface area contributed by atoms with Crippen molar-refractivity contribution in [3.8, 4) is 0 Å². The number of aliphatic imine (C=N–C) groups is 1. The summed E-state index contributed by atoms with van der Waals surface area (Å²) in [6.07, 6.45) is 4.54. The normalized spacial score (nSPS) is 15.0. The maximum Gasteiger partial charge on any atom is 0.224 e. The van der Waals surface area contributed by atoms with Crippen LogP contribution >= 0.6 is 24.0 Å². The molecule has 29 heavy (non-hydrogen) atoms. The van der Waals surface area contributed by atoms with Gasteiger partial charge in [0.2, 0.25) is 5.91 Å². The molecule has 0 aliphatic carbocycles. The summed E-state index contributed by atoms with van der Waals surface area (Å²) in [5, 5.41) is 9.72. The highest BCUT2D eigenvalue weighted by molar-refractivity contribution is 14.0. The van der Waals surface area contributed by atoms with Crippen LogP contribution in [0.5, 0.6) is 0 Å². The molecule has 0 atom stereocenters. The number of piperidine rings is 1. The summed E-state index contributed by atoms with van der Waals surface area (Å²) in [6, 6.07) is 7.93. The van der Waals surface area contributed by atoms with Crippen molar-refractivity contribution in [1.82, 2.24) is 15.5 Å². The van der Waals surface area contributed by atoms with Crippen LogP contribution in [-0.2, 0) is 11.3 Å². The standard InChI is InChI=1S/C22H37N5O.HI/c1-4-23-22(24-11-14-27-12-6-5-7-13-27)25-17-19-9-8-10-20(16-19)26-21(28)15-18(2)3;/h8-10,16,18H,4-7,11-15,17H2,1-3H3,(H,26,28)(H2,23,24,25);1H. The highest BCUT2D eigenvalue weighted by Gasteiger charge is 2.09. The molecule has 1 aliphatic rings. The van der Waals surface area contributed by atoms with E-state index in [0.29, 0.717) is 18.9 Å². The predicted molar refractivity (Wildman–Crippen MR) is 133 cm³/mol. The van der Waals surface area contributed by atoms with E-state index in [0.717, 1.165) is 36.8 Å². The second-order valence-electron chi connectivity index (χ2n) is 7.87. The van der Waals surface area contributed by atoms with Gasteiger partial charge in [-0.2, -0.15) is 0 Å². The number of nitrogens with zero attached hydrogens (tertiary/aromatic N) is 2. The van der Waals surface area contributed by atoms with Crippen molar-refractivity contribution in [2.45, 2.75) is 53.0 Å². The zero-order chi connectivity index (χ0) is 20.2. The van der Waals surface area contributed by atoms with E-state index >= 15 is 0 Å². The molecule has 2 rings (SSSR count). The average Bonchev–Trinajstić information content (AvgIpc) is 2.66. The van der Waals surface area contributed by atoms with Crippen molar-refractivity contribution >= 4 is 41.5 Å². The molecule has 0 unspecified atom stereocenters. The highest BCUT2D eigenvalue weighted by atomic mass is 127. The Balaban J connectivity index is 0.00000420. The first-order chi connectivity index (χ1) is 13.6. The van der Waals surface area contributed by atoms with E-state index in [1.807, 2.05) is 38.1 Å². The molecule has 1 saturated heterocycles. The SMILES string of the molecule is CCNC(=NCc1cccc(NC(=O)CC(C)C)c1)NCCN1CCCCC1.I. The topological polar surface area (TPSA) is 68.8 Å². The number of guanidine groups is 1. The second kappa shape index (κ2) is 14.6. The van der Waals surface area contributed by atoms with Crippen molar-refractivity contribution in [2.24, 2.45) is 10.9 Å². The zero-order valence-electron chi connectivity index (χ0n) is 18.2. The molecular formula is C22H38IN5O. The van der Waals surface area contributed by atoms with Gasteiger partial charge in [-0.1, -0.05) is 32.4 Å². The van der Waals surface area contributed by atoms with E-state index < -0.39 is 0 Å². The minimum absolute atomic E-state index is 0. The number of carbonyl (C=O) groups is 1. The van der Waals surface area contributed by atoms with Crippen LogP contribution in [-0.4, -0.2) is 49.5 Å². The zero-order valence-corrected chi connectivity index (χ0v) is 20.5. The number of amides is 1. The molecule has 0 radical (unpaired) electrons. The first kappa shape index (κ1) is 25.7. The monoisotopic (exact) mass is 515 g/mol. The first-order valence-corrected chi connectivity index (χ1v) is 10.7. The Morgan fingerprint density at radius 2 is 1.93 bits per heavy atom. The fourth-order valence-corrected chi connectivity index (χ4v) is 3.36. The highest BCUT2D eigenvalue weighted by Crippen LogP contribution is 2.13. The molecule has 6 nitrogen and oxygen atoms in total.